The van der Waals surface area contributed by atoms with Crippen molar-refractivity contribution in [3.63, 3.8) is 0 Å². The summed E-state index contributed by atoms with van der Waals surface area (Å²) in [6.07, 6.45) is 3.53. The summed E-state index contributed by atoms with van der Waals surface area (Å²) < 4.78 is 11.0. The first-order chi connectivity index (χ1) is 15.1. The fourth-order valence-corrected chi connectivity index (χ4v) is 3.94. The predicted molar refractivity (Wildman–Crippen MR) is 119 cm³/mol. The highest BCUT2D eigenvalue weighted by molar-refractivity contribution is 5.94. The SMILES string of the molecule is COc1ccc(CN2CCCC(O)C(NC(=O)c3ccc(OCC4CC4)cc3)C2)cc1. The number of rotatable bonds is 8. The van der Waals surface area contributed by atoms with Gasteiger partial charge >= 0.3 is 0 Å². The molecule has 2 aromatic carbocycles. The average Bonchev–Trinajstić information content (AvgIpc) is 3.63. The summed E-state index contributed by atoms with van der Waals surface area (Å²) in [4.78, 5) is 15.1. The summed E-state index contributed by atoms with van der Waals surface area (Å²) >= 11 is 0. The molecule has 1 saturated heterocycles. The second kappa shape index (κ2) is 10.2. The van der Waals surface area contributed by atoms with Gasteiger partial charge in [0.05, 0.1) is 25.9 Å². The van der Waals surface area contributed by atoms with Crippen molar-refractivity contribution in [3.05, 3.63) is 59.7 Å². The van der Waals surface area contributed by atoms with Gasteiger partial charge in [0.15, 0.2) is 0 Å². The molecule has 0 radical (unpaired) electrons. The van der Waals surface area contributed by atoms with E-state index < -0.39 is 6.10 Å². The summed E-state index contributed by atoms with van der Waals surface area (Å²) in [6.45, 7) is 3.03. The van der Waals surface area contributed by atoms with Crippen molar-refractivity contribution < 1.29 is 19.4 Å². The van der Waals surface area contributed by atoms with Gasteiger partial charge in [0.2, 0.25) is 0 Å². The summed E-state index contributed by atoms with van der Waals surface area (Å²) in [5, 5.41) is 13.6. The van der Waals surface area contributed by atoms with Crippen molar-refractivity contribution in [2.24, 2.45) is 5.92 Å². The predicted octanol–water partition coefficient (Wildman–Crippen LogP) is 3.24. The molecule has 2 N–H and O–H groups in total. The molecule has 1 aliphatic heterocycles. The Morgan fingerprint density at radius 1 is 1.06 bits per heavy atom. The zero-order valence-corrected chi connectivity index (χ0v) is 18.1. The minimum Gasteiger partial charge on any atom is -0.497 e. The molecule has 4 rings (SSSR count). The Morgan fingerprint density at radius 2 is 1.77 bits per heavy atom. The monoisotopic (exact) mass is 424 g/mol. The number of amides is 1. The molecule has 0 spiro atoms. The van der Waals surface area contributed by atoms with Crippen LogP contribution in [-0.4, -0.2) is 54.9 Å². The van der Waals surface area contributed by atoms with E-state index in [4.69, 9.17) is 9.47 Å². The highest BCUT2D eigenvalue weighted by atomic mass is 16.5. The Balaban J connectivity index is 1.34. The minimum atomic E-state index is -0.550. The van der Waals surface area contributed by atoms with Gasteiger partial charge in [-0.3, -0.25) is 9.69 Å². The standard InChI is InChI=1S/C25H32N2O4/c1-30-21-10-6-18(7-11-21)15-27-14-2-3-24(28)23(16-27)26-25(29)20-8-12-22(13-9-20)31-17-19-4-5-19/h6-13,19,23-24,28H,2-5,14-17H2,1H3,(H,26,29). The quantitative estimate of drug-likeness (QED) is 0.681. The highest BCUT2D eigenvalue weighted by Crippen LogP contribution is 2.29. The van der Waals surface area contributed by atoms with Gasteiger partial charge < -0.3 is 19.9 Å². The molecule has 31 heavy (non-hydrogen) atoms. The molecule has 166 valence electrons. The van der Waals surface area contributed by atoms with E-state index in [0.29, 0.717) is 24.4 Å². The second-order valence-corrected chi connectivity index (χ2v) is 8.65. The van der Waals surface area contributed by atoms with Crippen LogP contribution in [0.4, 0.5) is 0 Å². The zero-order chi connectivity index (χ0) is 21.6. The van der Waals surface area contributed by atoms with E-state index in [1.807, 2.05) is 24.3 Å². The molecule has 2 aliphatic rings. The molecular formula is C25H32N2O4. The van der Waals surface area contributed by atoms with Gasteiger partial charge in [0.1, 0.15) is 11.5 Å². The number of carbonyl (C=O) groups is 1. The van der Waals surface area contributed by atoms with E-state index >= 15 is 0 Å². The van der Waals surface area contributed by atoms with Crippen molar-refractivity contribution in [1.29, 1.82) is 0 Å². The number of hydrogen-bond acceptors (Lipinski definition) is 5. The van der Waals surface area contributed by atoms with Crippen molar-refractivity contribution in [1.82, 2.24) is 10.2 Å². The molecule has 0 bridgehead atoms. The van der Waals surface area contributed by atoms with Gasteiger partial charge in [0, 0.05) is 18.7 Å². The van der Waals surface area contributed by atoms with Crippen LogP contribution in [0.5, 0.6) is 11.5 Å². The third-order valence-corrected chi connectivity index (χ3v) is 6.07. The van der Waals surface area contributed by atoms with Crippen LogP contribution in [0.1, 0.15) is 41.6 Å². The van der Waals surface area contributed by atoms with Gasteiger partial charge in [0.25, 0.3) is 5.91 Å². The Hall–Kier alpha value is -2.57. The molecule has 1 amide bonds. The molecule has 1 saturated carbocycles. The Bertz CT molecular complexity index is 849. The number of hydrogen-bond donors (Lipinski definition) is 2. The van der Waals surface area contributed by atoms with E-state index in [0.717, 1.165) is 37.6 Å². The summed E-state index contributed by atoms with van der Waals surface area (Å²) in [7, 11) is 1.66. The zero-order valence-electron chi connectivity index (χ0n) is 18.1. The second-order valence-electron chi connectivity index (χ2n) is 8.65. The van der Waals surface area contributed by atoms with Crippen LogP contribution >= 0.6 is 0 Å². The fourth-order valence-electron chi connectivity index (χ4n) is 3.94. The Labute approximate surface area is 184 Å². The van der Waals surface area contributed by atoms with Gasteiger partial charge in [-0.15, -0.1) is 0 Å². The van der Waals surface area contributed by atoms with E-state index in [1.165, 1.54) is 18.4 Å². The van der Waals surface area contributed by atoms with Crippen LogP contribution in [0.15, 0.2) is 48.5 Å². The summed E-state index contributed by atoms with van der Waals surface area (Å²) in [6, 6.07) is 15.0. The van der Waals surface area contributed by atoms with Crippen molar-refractivity contribution >= 4 is 5.91 Å². The lowest BCUT2D eigenvalue weighted by Gasteiger charge is -2.27. The lowest BCUT2D eigenvalue weighted by atomic mass is 10.1. The molecule has 1 heterocycles. The number of ether oxygens (including phenoxy) is 2. The van der Waals surface area contributed by atoms with E-state index in [2.05, 4.69) is 22.3 Å². The molecule has 2 fully saturated rings. The maximum absolute atomic E-state index is 12.8. The maximum Gasteiger partial charge on any atom is 0.251 e. The molecule has 6 heteroatoms. The molecule has 1 aliphatic carbocycles. The smallest absolute Gasteiger partial charge is 0.251 e. The summed E-state index contributed by atoms with van der Waals surface area (Å²) in [5.74, 6) is 2.16. The first kappa shape index (κ1) is 21.7. The van der Waals surface area contributed by atoms with Crippen LogP contribution in [0.2, 0.25) is 0 Å². The fraction of sp³-hybridized carbons (Fsp3) is 0.480. The first-order valence-electron chi connectivity index (χ1n) is 11.2. The summed E-state index contributed by atoms with van der Waals surface area (Å²) in [5.41, 5.74) is 1.76. The van der Waals surface area contributed by atoms with Gasteiger partial charge in [-0.25, -0.2) is 0 Å². The topological polar surface area (TPSA) is 71.0 Å². The Morgan fingerprint density at radius 3 is 2.45 bits per heavy atom. The number of nitrogens with one attached hydrogen (secondary N) is 1. The van der Waals surface area contributed by atoms with Gasteiger partial charge in [-0.1, -0.05) is 12.1 Å². The van der Waals surface area contributed by atoms with Crippen LogP contribution < -0.4 is 14.8 Å². The van der Waals surface area contributed by atoms with Gasteiger partial charge in [-0.2, -0.15) is 0 Å². The van der Waals surface area contributed by atoms with Crippen molar-refractivity contribution in [2.75, 3.05) is 26.8 Å². The number of aliphatic hydroxyl groups is 1. The van der Waals surface area contributed by atoms with Crippen LogP contribution in [0.25, 0.3) is 0 Å². The number of likely N-dealkylation sites (tertiary alicyclic amines) is 1. The van der Waals surface area contributed by atoms with Crippen molar-refractivity contribution in [2.45, 2.75) is 44.4 Å². The van der Waals surface area contributed by atoms with E-state index in [9.17, 15) is 9.90 Å². The number of methoxy groups -OCH3 is 1. The molecule has 6 nitrogen and oxygen atoms in total. The normalized spacial score (nSPS) is 21.9. The number of carbonyl (C=O) groups excluding carboxylic acids is 1. The largest absolute Gasteiger partial charge is 0.497 e. The average molecular weight is 425 g/mol. The highest BCUT2D eigenvalue weighted by Gasteiger charge is 2.27. The lowest BCUT2D eigenvalue weighted by molar-refractivity contribution is 0.0798. The van der Waals surface area contributed by atoms with Crippen LogP contribution in [-0.2, 0) is 6.54 Å². The van der Waals surface area contributed by atoms with Crippen molar-refractivity contribution in [3.8, 4) is 11.5 Å². The first-order valence-corrected chi connectivity index (χ1v) is 11.2. The van der Waals surface area contributed by atoms with Crippen LogP contribution in [0, 0.1) is 5.92 Å². The third kappa shape index (κ3) is 6.21. The third-order valence-electron chi connectivity index (χ3n) is 6.07. The van der Waals surface area contributed by atoms with Crippen LogP contribution in [0.3, 0.4) is 0 Å². The van der Waals surface area contributed by atoms with E-state index in [1.54, 1.807) is 19.2 Å². The number of nitrogens with zero attached hydrogens (tertiary/aromatic N) is 1. The van der Waals surface area contributed by atoms with Gasteiger partial charge in [-0.05, 0) is 80.1 Å². The molecule has 2 atom stereocenters. The molecule has 0 aromatic heterocycles. The molecule has 2 aromatic rings. The molecule has 2 unspecified atom stereocenters. The van der Waals surface area contributed by atoms with E-state index in [-0.39, 0.29) is 11.9 Å². The number of aliphatic hydroxyl groups excluding tert-OH is 1. The number of benzene rings is 2. The Kier molecular flexibility index (Phi) is 7.10. The molecular weight excluding hydrogens is 392 g/mol. The maximum atomic E-state index is 12.8. The lowest BCUT2D eigenvalue weighted by Crippen LogP contribution is -2.48. The minimum absolute atomic E-state index is 0.163.